The number of rotatable bonds is 7. The molecule has 0 saturated heterocycles. The molecule has 0 aliphatic carbocycles. The topological polar surface area (TPSA) is 12.0 Å². The molecule has 0 spiro atoms. The molecule has 0 radical (unpaired) electrons. The Kier molecular flexibility index (Phi) is 6.18. The van der Waals surface area contributed by atoms with Gasteiger partial charge in [-0.1, -0.05) is 27.7 Å². The van der Waals surface area contributed by atoms with Crippen LogP contribution in [0.1, 0.15) is 39.0 Å². The molecule has 0 fully saturated rings. The highest BCUT2D eigenvalue weighted by atomic mass is 79.9. The maximum absolute atomic E-state index is 3.53. The molecule has 0 saturated carbocycles. The zero-order valence-electron chi connectivity index (χ0n) is 11.3. The fourth-order valence-electron chi connectivity index (χ4n) is 1.82. The first kappa shape index (κ1) is 15.2. The summed E-state index contributed by atoms with van der Waals surface area (Å²) in [6.07, 6.45) is 2.40. The quantitative estimate of drug-likeness (QED) is 0.718. The van der Waals surface area contributed by atoms with Crippen molar-refractivity contribution in [1.29, 1.82) is 0 Å². The van der Waals surface area contributed by atoms with Crippen LogP contribution in [0.15, 0.2) is 15.9 Å². The van der Waals surface area contributed by atoms with E-state index in [-0.39, 0.29) is 0 Å². The molecule has 0 amide bonds. The summed E-state index contributed by atoms with van der Waals surface area (Å²) in [7, 11) is 0. The van der Waals surface area contributed by atoms with Crippen molar-refractivity contribution < 1.29 is 0 Å². The lowest BCUT2D eigenvalue weighted by molar-refractivity contribution is 0.324. The Balaban J connectivity index is 2.30. The van der Waals surface area contributed by atoms with E-state index in [0.717, 1.165) is 19.0 Å². The van der Waals surface area contributed by atoms with E-state index in [9.17, 15) is 0 Å². The largest absolute Gasteiger partial charge is 0.316 e. The maximum atomic E-state index is 3.53. The Bertz CT molecular complexity index is 331. The van der Waals surface area contributed by atoms with Crippen LogP contribution in [-0.2, 0) is 6.42 Å². The average Bonchev–Trinajstić information content (AvgIpc) is 2.57. The first-order chi connectivity index (χ1) is 7.89. The van der Waals surface area contributed by atoms with Crippen molar-refractivity contribution in [2.24, 2.45) is 11.3 Å². The van der Waals surface area contributed by atoms with Gasteiger partial charge in [0.25, 0.3) is 0 Å². The van der Waals surface area contributed by atoms with Crippen LogP contribution in [0.25, 0.3) is 0 Å². The molecule has 0 unspecified atom stereocenters. The van der Waals surface area contributed by atoms with E-state index in [1.807, 2.05) is 11.3 Å². The van der Waals surface area contributed by atoms with Crippen molar-refractivity contribution in [3.8, 4) is 0 Å². The number of thiophene rings is 1. The molecule has 1 aromatic heterocycles. The Morgan fingerprint density at radius 3 is 2.65 bits per heavy atom. The number of hydrogen-bond donors (Lipinski definition) is 1. The monoisotopic (exact) mass is 317 g/mol. The molecule has 0 aliphatic rings. The second-order valence-corrected chi connectivity index (χ2v) is 7.83. The fourth-order valence-corrected chi connectivity index (χ4v) is 3.53. The van der Waals surface area contributed by atoms with Gasteiger partial charge in [-0.15, -0.1) is 11.3 Å². The van der Waals surface area contributed by atoms with Crippen LogP contribution in [0.2, 0.25) is 0 Å². The highest BCUT2D eigenvalue weighted by Gasteiger charge is 2.18. The maximum Gasteiger partial charge on any atom is 0.0285 e. The molecule has 3 heteroatoms. The van der Waals surface area contributed by atoms with E-state index in [2.05, 4.69) is 60.4 Å². The van der Waals surface area contributed by atoms with E-state index in [0.29, 0.717) is 5.41 Å². The van der Waals surface area contributed by atoms with E-state index in [1.54, 1.807) is 0 Å². The zero-order chi connectivity index (χ0) is 12.9. The summed E-state index contributed by atoms with van der Waals surface area (Å²) in [4.78, 5) is 1.48. The number of hydrogen-bond acceptors (Lipinski definition) is 2. The highest BCUT2D eigenvalue weighted by Crippen LogP contribution is 2.30. The average molecular weight is 318 g/mol. The van der Waals surface area contributed by atoms with Gasteiger partial charge in [0.05, 0.1) is 0 Å². The van der Waals surface area contributed by atoms with Crippen molar-refractivity contribution in [3.63, 3.8) is 0 Å². The van der Waals surface area contributed by atoms with Crippen LogP contribution in [0, 0.1) is 11.3 Å². The van der Waals surface area contributed by atoms with Crippen LogP contribution < -0.4 is 5.32 Å². The molecule has 1 heterocycles. The van der Waals surface area contributed by atoms with Gasteiger partial charge < -0.3 is 5.32 Å². The van der Waals surface area contributed by atoms with Gasteiger partial charge in [0, 0.05) is 14.7 Å². The summed E-state index contributed by atoms with van der Waals surface area (Å²) < 4.78 is 1.21. The lowest BCUT2D eigenvalue weighted by Crippen LogP contribution is -2.26. The van der Waals surface area contributed by atoms with Crippen LogP contribution >= 0.6 is 27.3 Å². The second-order valence-electron chi connectivity index (χ2n) is 5.92. The predicted molar refractivity (Wildman–Crippen MR) is 81.8 cm³/mol. The van der Waals surface area contributed by atoms with Crippen molar-refractivity contribution >= 4 is 27.3 Å². The van der Waals surface area contributed by atoms with Gasteiger partial charge in [-0.05, 0) is 59.3 Å². The molecular formula is C14H24BrNS. The van der Waals surface area contributed by atoms with Crippen molar-refractivity contribution in [3.05, 3.63) is 20.8 Å². The third-order valence-corrected chi connectivity index (χ3v) is 4.50. The Morgan fingerprint density at radius 2 is 2.12 bits per heavy atom. The summed E-state index contributed by atoms with van der Waals surface area (Å²) in [5, 5.41) is 5.70. The molecule has 98 valence electrons. The van der Waals surface area contributed by atoms with E-state index in [4.69, 9.17) is 0 Å². The van der Waals surface area contributed by atoms with Gasteiger partial charge in [0.2, 0.25) is 0 Å². The third kappa shape index (κ3) is 6.58. The van der Waals surface area contributed by atoms with Gasteiger partial charge in [-0.2, -0.15) is 0 Å². The van der Waals surface area contributed by atoms with Crippen molar-refractivity contribution in [2.45, 2.75) is 40.5 Å². The standard InChI is InChI=1S/C14H24BrNS/c1-11(2)9-16-6-5-14(3,4)8-13-7-12(15)10-17-13/h7,10-11,16H,5-6,8-9H2,1-4H3. The Labute approximate surface area is 118 Å². The molecule has 1 nitrogen and oxygen atoms in total. The van der Waals surface area contributed by atoms with Gasteiger partial charge in [-0.3, -0.25) is 0 Å². The minimum absolute atomic E-state index is 0.383. The van der Waals surface area contributed by atoms with Crippen molar-refractivity contribution in [1.82, 2.24) is 5.32 Å². The summed E-state index contributed by atoms with van der Waals surface area (Å²) in [5.74, 6) is 0.742. The molecule has 0 aromatic carbocycles. The number of nitrogens with one attached hydrogen (secondary N) is 1. The SMILES string of the molecule is CC(C)CNCCC(C)(C)Cc1cc(Br)cs1. The van der Waals surface area contributed by atoms with Crippen LogP contribution in [0.4, 0.5) is 0 Å². The van der Waals surface area contributed by atoms with Crippen LogP contribution in [0.5, 0.6) is 0 Å². The minimum atomic E-state index is 0.383. The summed E-state index contributed by atoms with van der Waals surface area (Å²) >= 11 is 5.37. The Hall–Kier alpha value is 0.140. The molecule has 1 aromatic rings. The molecule has 0 atom stereocenters. The van der Waals surface area contributed by atoms with Gasteiger partial charge in [0.15, 0.2) is 0 Å². The first-order valence-corrected chi connectivity index (χ1v) is 8.00. The Morgan fingerprint density at radius 1 is 1.41 bits per heavy atom. The number of halogens is 1. The second kappa shape index (κ2) is 6.91. The van der Waals surface area contributed by atoms with Crippen LogP contribution in [0.3, 0.4) is 0 Å². The summed E-state index contributed by atoms with van der Waals surface area (Å²) in [5.41, 5.74) is 0.383. The minimum Gasteiger partial charge on any atom is -0.316 e. The van der Waals surface area contributed by atoms with Crippen LogP contribution in [-0.4, -0.2) is 13.1 Å². The van der Waals surface area contributed by atoms with Gasteiger partial charge in [-0.25, -0.2) is 0 Å². The van der Waals surface area contributed by atoms with Gasteiger partial charge in [0.1, 0.15) is 0 Å². The van der Waals surface area contributed by atoms with E-state index < -0.39 is 0 Å². The molecule has 0 bridgehead atoms. The van der Waals surface area contributed by atoms with E-state index >= 15 is 0 Å². The summed E-state index contributed by atoms with van der Waals surface area (Å²) in [6, 6.07) is 2.24. The third-order valence-electron chi connectivity index (χ3n) is 2.81. The highest BCUT2D eigenvalue weighted by molar-refractivity contribution is 9.10. The molecule has 1 rings (SSSR count). The van der Waals surface area contributed by atoms with Gasteiger partial charge >= 0.3 is 0 Å². The molecule has 1 N–H and O–H groups in total. The normalized spacial score (nSPS) is 12.4. The first-order valence-electron chi connectivity index (χ1n) is 6.33. The smallest absolute Gasteiger partial charge is 0.0285 e. The van der Waals surface area contributed by atoms with Crippen molar-refractivity contribution in [2.75, 3.05) is 13.1 Å². The fraction of sp³-hybridized carbons (Fsp3) is 0.714. The predicted octanol–water partition coefficient (Wildman–Crippen LogP) is 4.72. The molecule has 17 heavy (non-hydrogen) atoms. The lowest BCUT2D eigenvalue weighted by atomic mass is 9.85. The van der Waals surface area contributed by atoms with E-state index in [1.165, 1.54) is 22.2 Å². The molecule has 0 aliphatic heterocycles. The molecular weight excluding hydrogens is 294 g/mol. The zero-order valence-corrected chi connectivity index (χ0v) is 13.7. The summed E-state index contributed by atoms with van der Waals surface area (Å²) in [6.45, 7) is 11.5. The lowest BCUT2D eigenvalue weighted by Gasteiger charge is -2.24.